The molecule has 0 aliphatic carbocycles. The van der Waals surface area contributed by atoms with Gasteiger partial charge in [0.2, 0.25) is 5.91 Å². The van der Waals surface area contributed by atoms with E-state index in [4.69, 9.17) is 5.11 Å². The standard InChI is InChI=1S/C13H25N3O4/c1-4-6-7-10(12(18)19)16-13(20)15-9(3)11(17)14-8-5-2/h9-10H,4-8H2,1-3H3,(H,14,17)(H,18,19)(H2,15,16,20)/t9?,10-/m0/s1. The predicted octanol–water partition coefficient (Wildman–Crippen LogP) is 0.844. The molecule has 0 bridgehead atoms. The Morgan fingerprint density at radius 1 is 1.10 bits per heavy atom. The Balaban J connectivity index is 4.23. The molecule has 0 fully saturated rings. The highest BCUT2D eigenvalue weighted by Crippen LogP contribution is 2.00. The second kappa shape index (κ2) is 10.1. The van der Waals surface area contributed by atoms with Crippen molar-refractivity contribution in [1.82, 2.24) is 16.0 Å². The third-order valence-corrected chi connectivity index (χ3v) is 2.74. The molecule has 7 heteroatoms. The lowest BCUT2D eigenvalue weighted by Gasteiger charge is -2.18. The van der Waals surface area contributed by atoms with Gasteiger partial charge in [0.1, 0.15) is 12.1 Å². The number of carboxylic acids is 1. The first-order valence-corrected chi connectivity index (χ1v) is 6.99. The summed E-state index contributed by atoms with van der Waals surface area (Å²) in [5, 5.41) is 16.4. The fraction of sp³-hybridized carbons (Fsp3) is 0.769. The number of unbranched alkanes of at least 4 members (excludes halogenated alkanes) is 1. The lowest BCUT2D eigenvalue weighted by Crippen LogP contribution is -2.52. The maximum Gasteiger partial charge on any atom is 0.326 e. The van der Waals surface area contributed by atoms with E-state index in [1.807, 2.05) is 13.8 Å². The van der Waals surface area contributed by atoms with Crippen molar-refractivity contribution in [1.29, 1.82) is 0 Å². The maximum absolute atomic E-state index is 11.6. The van der Waals surface area contributed by atoms with Crippen LogP contribution in [0.5, 0.6) is 0 Å². The highest BCUT2D eigenvalue weighted by Gasteiger charge is 2.21. The Bertz CT molecular complexity index is 334. The summed E-state index contributed by atoms with van der Waals surface area (Å²) < 4.78 is 0. The summed E-state index contributed by atoms with van der Waals surface area (Å²) in [6, 6.07) is -2.28. The minimum atomic E-state index is -1.07. The number of aliphatic carboxylic acids is 1. The van der Waals surface area contributed by atoms with Crippen molar-refractivity contribution in [3.05, 3.63) is 0 Å². The van der Waals surface area contributed by atoms with Crippen molar-refractivity contribution < 1.29 is 19.5 Å². The average molecular weight is 287 g/mol. The lowest BCUT2D eigenvalue weighted by molar-refractivity contribution is -0.139. The van der Waals surface area contributed by atoms with E-state index in [-0.39, 0.29) is 5.91 Å². The summed E-state index contributed by atoms with van der Waals surface area (Å²) in [6.07, 6.45) is 2.74. The number of carbonyl (C=O) groups excluding carboxylic acids is 2. The first kappa shape index (κ1) is 18.2. The van der Waals surface area contributed by atoms with Crippen molar-refractivity contribution in [3.8, 4) is 0 Å². The zero-order chi connectivity index (χ0) is 15.5. The molecule has 0 saturated carbocycles. The van der Waals surface area contributed by atoms with E-state index < -0.39 is 24.1 Å². The number of hydrogen-bond acceptors (Lipinski definition) is 3. The van der Waals surface area contributed by atoms with Crippen LogP contribution in [-0.2, 0) is 9.59 Å². The Morgan fingerprint density at radius 3 is 2.25 bits per heavy atom. The first-order chi connectivity index (χ1) is 9.42. The largest absolute Gasteiger partial charge is 0.480 e. The van der Waals surface area contributed by atoms with Gasteiger partial charge in [-0.2, -0.15) is 0 Å². The smallest absolute Gasteiger partial charge is 0.326 e. The second-order valence-corrected chi connectivity index (χ2v) is 4.66. The Kier molecular flexibility index (Phi) is 9.15. The van der Waals surface area contributed by atoms with Gasteiger partial charge in [0.05, 0.1) is 0 Å². The van der Waals surface area contributed by atoms with Gasteiger partial charge >= 0.3 is 12.0 Å². The van der Waals surface area contributed by atoms with Gasteiger partial charge in [-0.1, -0.05) is 26.7 Å². The molecular weight excluding hydrogens is 262 g/mol. The maximum atomic E-state index is 11.6. The number of carboxylic acid groups (broad SMARTS) is 1. The zero-order valence-electron chi connectivity index (χ0n) is 12.4. The molecule has 0 aromatic carbocycles. The predicted molar refractivity (Wildman–Crippen MR) is 75.4 cm³/mol. The molecule has 0 radical (unpaired) electrons. The monoisotopic (exact) mass is 287 g/mol. The summed E-state index contributed by atoms with van der Waals surface area (Å²) in [5.41, 5.74) is 0. The molecule has 7 nitrogen and oxygen atoms in total. The van der Waals surface area contributed by atoms with Gasteiger partial charge in [-0.05, 0) is 19.8 Å². The molecule has 2 atom stereocenters. The first-order valence-electron chi connectivity index (χ1n) is 6.99. The molecule has 0 spiro atoms. The molecule has 0 aliphatic rings. The molecule has 116 valence electrons. The molecule has 3 amide bonds. The SMILES string of the molecule is CCCC[C@H](NC(=O)NC(C)C(=O)NCCC)C(=O)O. The van der Waals surface area contributed by atoms with Crippen LogP contribution >= 0.6 is 0 Å². The molecule has 0 aromatic heterocycles. The molecule has 0 aliphatic heterocycles. The van der Waals surface area contributed by atoms with Crippen molar-refractivity contribution >= 4 is 17.9 Å². The van der Waals surface area contributed by atoms with E-state index in [1.54, 1.807) is 6.92 Å². The van der Waals surface area contributed by atoms with Gasteiger partial charge in [0.15, 0.2) is 0 Å². The van der Waals surface area contributed by atoms with Crippen LogP contribution in [0, 0.1) is 0 Å². The third kappa shape index (κ3) is 7.60. The summed E-state index contributed by atoms with van der Waals surface area (Å²) in [4.78, 5) is 34.2. The highest BCUT2D eigenvalue weighted by atomic mass is 16.4. The van der Waals surface area contributed by atoms with Crippen molar-refractivity contribution in [2.45, 2.75) is 58.5 Å². The average Bonchev–Trinajstić information content (AvgIpc) is 2.40. The molecule has 0 aromatic rings. The van der Waals surface area contributed by atoms with Gasteiger partial charge in [-0.25, -0.2) is 9.59 Å². The fourth-order valence-electron chi connectivity index (χ4n) is 1.53. The number of rotatable bonds is 9. The van der Waals surface area contributed by atoms with Gasteiger partial charge in [0, 0.05) is 6.54 Å². The van der Waals surface area contributed by atoms with E-state index in [0.717, 1.165) is 12.8 Å². The van der Waals surface area contributed by atoms with Gasteiger partial charge in [0.25, 0.3) is 0 Å². The van der Waals surface area contributed by atoms with E-state index in [9.17, 15) is 14.4 Å². The van der Waals surface area contributed by atoms with Crippen LogP contribution < -0.4 is 16.0 Å². The minimum absolute atomic E-state index is 0.289. The van der Waals surface area contributed by atoms with Crippen LogP contribution in [0.2, 0.25) is 0 Å². The van der Waals surface area contributed by atoms with E-state index in [0.29, 0.717) is 19.4 Å². The normalized spacial score (nSPS) is 13.2. The van der Waals surface area contributed by atoms with E-state index >= 15 is 0 Å². The Morgan fingerprint density at radius 2 is 1.75 bits per heavy atom. The molecule has 4 N–H and O–H groups in total. The van der Waals surface area contributed by atoms with Crippen LogP contribution in [0.25, 0.3) is 0 Å². The molecule has 20 heavy (non-hydrogen) atoms. The zero-order valence-corrected chi connectivity index (χ0v) is 12.4. The number of nitrogens with one attached hydrogen (secondary N) is 3. The van der Waals surface area contributed by atoms with E-state index in [1.165, 1.54) is 0 Å². The summed E-state index contributed by atoms with van der Waals surface area (Å²) in [5.74, 6) is -1.36. The minimum Gasteiger partial charge on any atom is -0.480 e. The quantitative estimate of drug-likeness (QED) is 0.504. The van der Waals surface area contributed by atoms with Crippen LogP contribution in [0.1, 0.15) is 46.5 Å². The number of urea groups is 1. The number of amides is 3. The van der Waals surface area contributed by atoms with Gasteiger partial charge in [-0.15, -0.1) is 0 Å². The molecule has 0 saturated heterocycles. The summed E-state index contributed by atoms with van der Waals surface area (Å²) in [6.45, 7) is 5.96. The van der Waals surface area contributed by atoms with Crippen LogP contribution in [-0.4, -0.2) is 41.6 Å². The van der Waals surface area contributed by atoms with Crippen LogP contribution in [0.3, 0.4) is 0 Å². The highest BCUT2D eigenvalue weighted by molar-refractivity contribution is 5.88. The van der Waals surface area contributed by atoms with Crippen LogP contribution in [0.4, 0.5) is 4.79 Å². The Hall–Kier alpha value is -1.79. The molecular formula is C13H25N3O4. The lowest BCUT2D eigenvalue weighted by atomic mass is 10.1. The van der Waals surface area contributed by atoms with Crippen LogP contribution in [0.15, 0.2) is 0 Å². The Labute approximate surface area is 119 Å². The van der Waals surface area contributed by atoms with Crippen molar-refractivity contribution in [2.75, 3.05) is 6.54 Å². The van der Waals surface area contributed by atoms with Crippen molar-refractivity contribution in [3.63, 3.8) is 0 Å². The topological polar surface area (TPSA) is 108 Å². The number of carbonyl (C=O) groups is 3. The molecule has 1 unspecified atom stereocenters. The van der Waals surface area contributed by atoms with E-state index in [2.05, 4.69) is 16.0 Å². The summed E-state index contributed by atoms with van der Waals surface area (Å²) in [7, 11) is 0. The third-order valence-electron chi connectivity index (χ3n) is 2.74. The second-order valence-electron chi connectivity index (χ2n) is 4.66. The van der Waals surface area contributed by atoms with Crippen molar-refractivity contribution in [2.24, 2.45) is 0 Å². The number of hydrogen-bond donors (Lipinski definition) is 4. The fourth-order valence-corrected chi connectivity index (χ4v) is 1.53. The molecule has 0 rings (SSSR count). The van der Waals surface area contributed by atoms with Gasteiger partial charge in [-0.3, -0.25) is 4.79 Å². The molecule has 0 heterocycles. The van der Waals surface area contributed by atoms with Gasteiger partial charge < -0.3 is 21.1 Å². The summed E-state index contributed by atoms with van der Waals surface area (Å²) >= 11 is 0.